The van der Waals surface area contributed by atoms with Crippen molar-refractivity contribution in [3.63, 3.8) is 0 Å². The van der Waals surface area contributed by atoms with E-state index < -0.39 is 0 Å². The van der Waals surface area contributed by atoms with E-state index in [1.807, 2.05) is 7.05 Å². The van der Waals surface area contributed by atoms with Gasteiger partial charge in [-0.1, -0.05) is 54.8 Å². The third-order valence-electron chi connectivity index (χ3n) is 4.26. The molecule has 0 atom stereocenters. The number of nitrogens with zero attached hydrogens (tertiary/aromatic N) is 2. The first-order valence-electron chi connectivity index (χ1n) is 7.38. The van der Waals surface area contributed by atoms with Crippen molar-refractivity contribution in [3.8, 4) is 0 Å². The lowest BCUT2D eigenvalue weighted by molar-refractivity contribution is 0.308. The van der Waals surface area contributed by atoms with Gasteiger partial charge in [0.2, 0.25) is 5.89 Å². The second kappa shape index (κ2) is 5.75. The fraction of sp³-hybridized carbons (Fsp3) is 0.500. The summed E-state index contributed by atoms with van der Waals surface area (Å²) >= 11 is 0. The first kappa shape index (κ1) is 13.3. The van der Waals surface area contributed by atoms with E-state index in [0.29, 0.717) is 12.4 Å². The molecule has 20 heavy (non-hydrogen) atoms. The van der Waals surface area contributed by atoms with Gasteiger partial charge in [-0.25, -0.2) is 0 Å². The maximum atomic E-state index is 5.38. The molecule has 0 amide bonds. The van der Waals surface area contributed by atoms with Crippen molar-refractivity contribution < 1.29 is 4.52 Å². The Bertz CT molecular complexity index is 544. The molecule has 2 aromatic rings. The minimum Gasteiger partial charge on any atom is -0.338 e. The second-order valence-corrected chi connectivity index (χ2v) is 5.55. The van der Waals surface area contributed by atoms with Crippen LogP contribution in [0.3, 0.4) is 0 Å². The maximum Gasteiger partial charge on any atom is 0.240 e. The summed E-state index contributed by atoms with van der Waals surface area (Å²) in [5.74, 6) is 1.53. The normalized spacial score (nSPS) is 18.1. The predicted molar refractivity (Wildman–Crippen MR) is 77.4 cm³/mol. The Morgan fingerprint density at radius 2 is 1.90 bits per heavy atom. The number of hydrogen-bond donors (Lipinski definition) is 1. The molecule has 4 heteroatoms. The van der Waals surface area contributed by atoms with Crippen molar-refractivity contribution in [2.45, 2.75) is 44.1 Å². The molecule has 1 heterocycles. The average molecular weight is 271 g/mol. The Hall–Kier alpha value is -1.68. The van der Waals surface area contributed by atoms with E-state index in [2.05, 4.69) is 45.8 Å². The SMILES string of the molecule is CNCc1nc(C2(c3ccccc3)CCCCC2)no1. The molecular weight excluding hydrogens is 250 g/mol. The molecule has 0 unspecified atom stereocenters. The van der Waals surface area contributed by atoms with Crippen LogP contribution >= 0.6 is 0 Å². The molecule has 0 saturated heterocycles. The highest BCUT2D eigenvalue weighted by Gasteiger charge is 2.39. The maximum absolute atomic E-state index is 5.38. The Labute approximate surface area is 119 Å². The van der Waals surface area contributed by atoms with Gasteiger partial charge in [0.1, 0.15) is 0 Å². The molecule has 1 aliphatic rings. The molecule has 0 radical (unpaired) electrons. The lowest BCUT2D eigenvalue weighted by atomic mass is 9.69. The summed E-state index contributed by atoms with van der Waals surface area (Å²) in [5, 5.41) is 7.34. The Morgan fingerprint density at radius 3 is 2.60 bits per heavy atom. The standard InChI is InChI=1S/C16H21N3O/c1-17-12-14-18-15(19-20-14)16(10-6-3-7-11-16)13-8-4-2-5-9-13/h2,4-5,8-9,17H,3,6-7,10-12H2,1H3. The van der Waals surface area contributed by atoms with Gasteiger partial charge in [-0.2, -0.15) is 4.98 Å². The number of benzene rings is 1. The van der Waals surface area contributed by atoms with Crippen LogP contribution < -0.4 is 5.32 Å². The zero-order valence-corrected chi connectivity index (χ0v) is 11.9. The molecule has 1 aromatic heterocycles. The third kappa shape index (κ3) is 2.36. The zero-order valence-electron chi connectivity index (χ0n) is 11.9. The van der Waals surface area contributed by atoms with Gasteiger partial charge in [-0.15, -0.1) is 0 Å². The average Bonchev–Trinajstić information content (AvgIpc) is 2.98. The van der Waals surface area contributed by atoms with Crippen molar-refractivity contribution in [1.82, 2.24) is 15.5 Å². The van der Waals surface area contributed by atoms with Crippen LogP contribution in [0.25, 0.3) is 0 Å². The van der Waals surface area contributed by atoms with Crippen molar-refractivity contribution in [2.75, 3.05) is 7.05 Å². The van der Waals surface area contributed by atoms with Crippen LogP contribution in [0, 0.1) is 0 Å². The number of hydrogen-bond acceptors (Lipinski definition) is 4. The van der Waals surface area contributed by atoms with E-state index in [0.717, 1.165) is 18.7 Å². The molecule has 3 rings (SSSR count). The van der Waals surface area contributed by atoms with Gasteiger partial charge in [-0.05, 0) is 25.5 Å². The summed E-state index contributed by atoms with van der Waals surface area (Å²) in [6, 6.07) is 10.6. The number of aromatic nitrogens is 2. The van der Waals surface area contributed by atoms with Crippen LogP contribution in [-0.2, 0) is 12.0 Å². The van der Waals surface area contributed by atoms with Crippen molar-refractivity contribution >= 4 is 0 Å². The molecule has 1 N–H and O–H groups in total. The topological polar surface area (TPSA) is 51.0 Å². The summed E-state index contributed by atoms with van der Waals surface area (Å²) in [7, 11) is 1.89. The monoisotopic (exact) mass is 271 g/mol. The van der Waals surface area contributed by atoms with Crippen LogP contribution in [0.4, 0.5) is 0 Å². The zero-order chi connectivity index (χ0) is 13.8. The highest BCUT2D eigenvalue weighted by Crippen LogP contribution is 2.43. The summed E-state index contributed by atoms with van der Waals surface area (Å²) in [6.07, 6.45) is 5.97. The van der Waals surface area contributed by atoms with Crippen LogP contribution in [0.5, 0.6) is 0 Å². The first-order chi connectivity index (χ1) is 9.85. The Balaban J connectivity index is 2.00. The van der Waals surface area contributed by atoms with E-state index >= 15 is 0 Å². The van der Waals surface area contributed by atoms with E-state index in [1.54, 1.807) is 0 Å². The van der Waals surface area contributed by atoms with Crippen LogP contribution in [0.2, 0.25) is 0 Å². The van der Waals surface area contributed by atoms with Gasteiger partial charge < -0.3 is 9.84 Å². The van der Waals surface area contributed by atoms with Crippen LogP contribution in [0.15, 0.2) is 34.9 Å². The highest BCUT2D eigenvalue weighted by atomic mass is 16.5. The first-order valence-corrected chi connectivity index (χ1v) is 7.38. The molecule has 1 aliphatic carbocycles. The summed E-state index contributed by atoms with van der Waals surface area (Å²) < 4.78 is 5.38. The summed E-state index contributed by atoms with van der Waals surface area (Å²) in [4.78, 5) is 4.63. The number of nitrogens with one attached hydrogen (secondary N) is 1. The molecule has 0 aliphatic heterocycles. The minimum absolute atomic E-state index is 0.0605. The molecule has 1 saturated carbocycles. The molecule has 1 fully saturated rings. The molecular formula is C16H21N3O. The minimum atomic E-state index is -0.0605. The van der Waals surface area contributed by atoms with Gasteiger partial charge in [0, 0.05) is 0 Å². The fourth-order valence-corrected chi connectivity index (χ4v) is 3.23. The predicted octanol–water partition coefficient (Wildman–Crippen LogP) is 3.04. The molecule has 0 spiro atoms. The Kier molecular flexibility index (Phi) is 3.83. The summed E-state index contributed by atoms with van der Waals surface area (Å²) in [5.41, 5.74) is 1.26. The van der Waals surface area contributed by atoms with Crippen molar-refractivity contribution in [3.05, 3.63) is 47.6 Å². The van der Waals surface area contributed by atoms with E-state index in [9.17, 15) is 0 Å². The van der Waals surface area contributed by atoms with Crippen LogP contribution in [-0.4, -0.2) is 17.2 Å². The quantitative estimate of drug-likeness (QED) is 0.928. The second-order valence-electron chi connectivity index (χ2n) is 5.55. The molecule has 106 valence electrons. The van der Waals surface area contributed by atoms with Crippen molar-refractivity contribution in [1.29, 1.82) is 0 Å². The number of rotatable bonds is 4. The lowest BCUT2D eigenvalue weighted by Gasteiger charge is -2.34. The summed E-state index contributed by atoms with van der Waals surface area (Å²) in [6.45, 7) is 0.623. The van der Waals surface area contributed by atoms with E-state index in [-0.39, 0.29) is 5.41 Å². The van der Waals surface area contributed by atoms with Gasteiger partial charge in [0.25, 0.3) is 0 Å². The van der Waals surface area contributed by atoms with E-state index in [1.165, 1.54) is 24.8 Å². The van der Waals surface area contributed by atoms with Gasteiger partial charge in [0.05, 0.1) is 12.0 Å². The lowest BCUT2D eigenvalue weighted by Crippen LogP contribution is -2.31. The van der Waals surface area contributed by atoms with Gasteiger partial charge in [-0.3, -0.25) is 0 Å². The smallest absolute Gasteiger partial charge is 0.240 e. The fourth-order valence-electron chi connectivity index (χ4n) is 3.23. The molecule has 0 bridgehead atoms. The van der Waals surface area contributed by atoms with Gasteiger partial charge >= 0.3 is 0 Å². The van der Waals surface area contributed by atoms with Crippen molar-refractivity contribution in [2.24, 2.45) is 0 Å². The Morgan fingerprint density at radius 1 is 1.15 bits per heavy atom. The highest BCUT2D eigenvalue weighted by molar-refractivity contribution is 5.33. The molecule has 1 aromatic carbocycles. The van der Waals surface area contributed by atoms with Gasteiger partial charge in [0.15, 0.2) is 5.82 Å². The molecule has 4 nitrogen and oxygen atoms in total. The van der Waals surface area contributed by atoms with Crippen LogP contribution in [0.1, 0.15) is 49.4 Å². The van der Waals surface area contributed by atoms with E-state index in [4.69, 9.17) is 4.52 Å². The third-order valence-corrected chi connectivity index (χ3v) is 4.26. The largest absolute Gasteiger partial charge is 0.338 e.